The number of rotatable bonds is 9. The zero-order chi connectivity index (χ0) is 21.4. The molecule has 0 saturated carbocycles. The number of amides is 2. The molecular weight excluding hydrogens is 366 g/mol. The molecule has 29 heavy (non-hydrogen) atoms. The molecule has 2 atom stereocenters. The number of nitrogens with two attached hydrogens (primary N) is 1. The molecule has 2 aromatic carbocycles. The molecule has 2 aromatic rings. The van der Waals surface area contributed by atoms with Crippen molar-refractivity contribution in [1.82, 2.24) is 10.6 Å². The number of phenolic OH excluding ortho intramolecular Hbond substituents is 1. The van der Waals surface area contributed by atoms with Gasteiger partial charge in [0.05, 0.1) is 6.04 Å². The summed E-state index contributed by atoms with van der Waals surface area (Å²) >= 11 is 0. The van der Waals surface area contributed by atoms with Gasteiger partial charge in [-0.3, -0.25) is 9.59 Å². The highest BCUT2D eigenvalue weighted by Crippen LogP contribution is 2.21. The fourth-order valence-corrected chi connectivity index (χ4v) is 3.29. The quantitative estimate of drug-likeness (QED) is 0.487. The zero-order valence-corrected chi connectivity index (χ0v) is 17.4. The van der Waals surface area contributed by atoms with Crippen LogP contribution in [0.15, 0.2) is 42.5 Å². The Morgan fingerprint density at radius 2 is 1.69 bits per heavy atom. The Balaban J connectivity index is 1.77. The minimum Gasteiger partial charge on any atom is -0.508 e. The van der Waals surface area contributed by atoms with E-state index >= 15 is 0 Å². The lowest BCUT2D eigenvalue weighted by molar-refractivity contribution is -0.129. The molecule has 156 valence electrons. The van der Waals surface area contributed by atoms with E-state index in [0.717, 1.165) is 29.5 Å². The summed E-state index contributed by atoms with van der Waals surface area (Å²) in [5, 5.41) is 15.2. The van der Waals surface area contributed by atoms with Crippen LogP contribution in [0.25, 0.3) is 0 Å². The van der Waals surface area contributed by atoms with E-state index in [4.69, 9.17) is 5.73 Å². The van der Waals surface area contributed by atoms with E-state index < -0.39 is 12.1 Å². The second kappa shape index (κ2) is 10.6. The average molecular weight is 398 g/mol. The molecule has 2 rings (SSSR count). The molecule has 6 nitrogen and oxygen atoms in total. The molecule has 0 aliphatic rings. The molecule has 0 aromatic heterocycles. The third-order valence-electron chi connectivity index (χ3n) is 4.98. The van der Waals surface area contributed by atoms with E-state index in [2.05, 4.69) is 22.8 Å². The molecule has 0 fully saturated rings. The van der Waals surface area contributed by atoms with Crippen LogP contribution in [0, 0.1) is 13.8 Å². The largest absolute Gasteiger partial charge is 0.508 e. The van der Waals surface area contributed by atoms with Gasteiger partial charge in [-0.05, 0) is 74.4 Å². The number of phenols is 1. The number of carbonyl (C=O) groups is 2. The number of hydrogen-bond acceptors (Lipinski definition) is 4. The van der Waals surface area contributed by atoms with Crippen molar-refractivity contribution in [2.24, 2.45) is 5.73 Å². The normalized spacial score (nSPS) is 12.8. The minimum absolute atomic E-state index is 0.194. The van der Waals surface area contributed by atoms with Crippen LogP contribution in [-0.4, -0.2) is 35.5 Å². The van der Waals surface area contributed by atoms with Crippen LogP contribution in [0.5, 0.6) is 5.75 Å². The Kier molecular flexibility index (Phi) is 8.21. The van der Waals surface area contributed by atoms with Crippen LogP contribution in [0.3, 0.4) is 0 Å². The van der Waals surface area contributed by atoms with Gasteiger partial charge in [0.2, 0.25) is 11.8 Å². The summed E-state index contributed by atoms with van der Waals surface area (Å²) in [6.45, 7) is 5.94. The molecule has 0 bridgehead atoms. The van der Waals surface area contributed by atoms with Gasteiger partial charge < -0.3 is 21.5 Å². The van der Waals surface area contributed by atoms with E-state index in [-0.39, 0.29) is 17.6 Å². The number of benzene rings is 2. The van der Waals surface area contributed by atoms with Crippen molar-refractivity contribution in [1.29, 1.82) is 0 Å². The number of aromatic hydroxyl groups is 1. The molecule has 0 aliphatic heterocycles. The standard InChI is InChI=1S/C23H31N3O3/c1-15-12-19(27)13-16(2)20(15)14-21(24)23(29)26-17(3)22(28)25-11-7-10-18-8-5-4-6-9-18/h4-6,8-9,12-13,17,21,27H,7,10-11,14,24H2,1-3H3,(H,25,28)(H,26,29)/t17-,21?/m0/s1. The Morgan fingerprint density at radius 3 is 2.31 bits per heavy atom. The predicted molar refractivity (Wildman–Crippen MR) is 115 cm³/mol. The van der Waals surface area contributed by atoms with E-state index in [9.17, 15) is 14.7 Å². The second-order valence-electron chi connectivity index (χ2n) is 7.48. The fraction of sp³-hybridized carbons (Fsp3) is 0.391. The van der Waals surface area contributed by atoms with Crippen LogP contribution >= 0.6 is 0 Å². The molecule has 2 amide bonds. The smallest absolute Gasteiger partial charge is 0.242 e. The SMILES string of the molecule is Cc1cc(O)cc(C)c1CC(N)C(=O)N[C@@H](C)C(=O)NCCCc1ccccc1. The van der Waals surface area contributed by atoms with Gasteiger partial charge in [-0.25, -0.2) is 0 Å². The molecule has 0 aliphatic carbocycles. The highest BCUT2D eigenvalue weighted by atomic mass is 16.3. The van der Waals surface area contributed by atoms with E-state index in [1.165, 1.54) is 5.56 Å². The van der Waals surface area contributed by atoms with Crippen LogP contribution in [-0.2, 0) is 22.4 Å². The van der Waals surface area contributed by atoms with Gasteiger partial charge in [-0.1, -0.05) is 30.3 Å². The number of hydrogen-bond donors (Lipinski definition) is 4. The van der Waals surface area contributed by atoms with Gasteiger partial charge in [-0.15, -0.1) is 0 Å². The van der Waals surface area contributed by atoms with Crippen molar-refractivity contribution in [2.45, 2.75) is 52.1 Å². The highest BCUT2D eigenvalue weighted by Gasteiger charge is 2.21. The highest BCUT2D eigenvalue weighted by molar-refractivity contribution is 5.89. The molecule has 0 radical (unpaired) electrons. The zero-order valence-electron chi connectivity index (χ0n) is 17.4. The molecule has 5 N–H and O–H groups in total. The summed E-state index contributed by atoms with van der Waals surface area (Å²) in [6.07, 6.45) is 2.06. The average Bonchev–Trinajstić information content (AvgIpc) is 2.68. The van der Waals surface area contributed by atoms with Crippen molar-refractivity contribution in [3.63, 3.8) is 0 Å². The molecule has 0 spiro atoms. The third kappa shape index (κ3) is 6.91. The van der Waals surface area contributed by atoms with Gasteiger partial charge in [0.1, 0.15) is 11.8 Å². The van der Waals surface area contributed by atoms with Crippen LogP contribution in [0.2, 0.25) is 0 Å². The monoisotopic (exact) mass is 397 g/mol. The maximum Gasteiger partial charge on any atom is 0.242 e. The van der Waals surface area contributed by atoms with Gasteiger partial charge in [0, 0.05) is 6.54 Å². The number of carbonyl (C=O) groups excluding carboxylic acids is 2. The summed E-state index contributed by atoms with van der Waals surface area (Å²) < 4.78 is 0. The maximum absolute atomic E-state index is 12.4. The molecular formula is C23H31N3O3. The van der Waals surface area contributed by atoms with Crippen molar-refractivity contribution in [3.8, 4) is 5.75 Å². The predicted octanol–water partition coefficient (Wildman–Crippen LogP) is 2.13. The van der Waals surface area contributed by atoms with Crippen LogP contribution in [0.1, 0.15) is 35.6 Å². The van der Waals surface area contributed by atoms with Crippen molar-refractivity contribution >= 4 is 11.8 Å². The first kappa shape index (κ1) is 22.4. The Morgan fingerprint density at radius 1 is 1.07 bits per heavy atom. The molecule has 6 heteroatoms. The second-order valence-corrected chi connectivity index (χ2v) is 7.48. The molecule has 0 heterocycles. The first-order chi connectivity index (χ1) is 13.8. The summed E-state index contributed by atoms with van der Waals surface area (Å²) in [4.78, 5) is 24.6. The van der Waals surface area contributed by atoms with Crippen molar-refractivity contribution in [2.75, 3.05) is 6.54 Å². The van der Waals surface area contributed by atoms with Gasteiger partial charge in [0.25, 0.3) is 0 Å². The van der Waals surface area contributed by atoms with E-state index in [1.807, 2.05) is 32.0 Å². The van der Waals surface area contributed by atoms with Crippen molar-refractivity contribution in [3.05, 3.63) is 64.7 Å². The van der Waals surface area contributed by atoms with Crippen molar-refractivity contribution < 1.29 is 14.7 Å². The number of nitrogens with one attached hydrogen (secondary N) is 2. The Hall–Kier alpha value is -2.86. The van der Waals surface area contributed by atoms with Gasteiger partial charge in [0.15, 0.2) is 0 Å². The first-order valence-electron chi connectivity index (χ1n) is 9.94. The minimum atomic E-state index is -0.773. The lowest BCUT2D eigenvalue weighted by Gasteiger charge is -2.19. The summed E-state index contributed by atoms with van der Waals surface area (Å²) in [7, 11) is 0. The Bertz CT molecular complexity index is 814. The maximum atomic E-state index is 12.4. The third-order valence-corrected chi connectivity index (χ3v) is 4.98. The topological polar surface area (TPSA) is 104 Å². The van der Waals surface area contributed by atoms with Gasteiger partial charge in [-0.2, -0.15) is 0 Å². The lowest BCUT2D eigenvalue weighted by Crippen LogP contribution is -2.51. The summed E-state index contributed by atoms with van der Waals surface area (Å²) in [5.74, 6) is -0.404. The fourth-order valence-electron chi connectivity index (χ4n) is 3.29. The number of aryl methyl sites for hydroxylation is 3. The molecule has 1 unspecified atom stereocenters. The van der Waals surface area contributed by atoms with Crippen LogP contribution in [0.4, 0.5) is 0 Å². The summed E-state index contributed by atoms with van der Waals surface area (Å²) in [5.41, 5.74) is 9.99. The first-order valence-corrected chi connectivity index (χ1v) is 9.94. The summed E-state index contributed by atoms with van der Waals surface area (Å²) in [6, 6.07) is 12.0. The van der Waals surface area contributed by atoms with Crippen LogP contribution < -0.4 is 16.4 Å². The van der Waals surface area contributed by atoms with E-state index in [0.29, 0.717) is 13.0 Å². The Labute approximate surface area is 172 Å². The van der Waals surface area contributed by atoms with Gasteiger partial charge >= 0.3 is 0 Å². The molecule has 0 saturated heterocycles. The van der Waals surface area contributed by atoms with E-state index in [1.54, 1.807) is 19.1 Å². The lowest BCUT2D eigenvalue weighted by atomic mass is 9.96.